The number of carbonyl (C=O) groups excluding carboxylic acids is 1. The van der Waals surface area contributed by atoms with E-state index in [2.05, 4.69) is 5.32 Å². The van der Waals surface area contributed by atoms with Gasteiger partial charge in [0, 0.05) is 6.54 Å². The Hall–Kier alpha value is -0.570. The standard InChI is InChI=1S/C7H13NO2/c1-5(2)6-7(9)10-4-3-8-6/h5-6,8H,3-4H2,1-2H3/t6-/m0/s1. The van der Waals surface area contributed by atoms with E-state index in [-0.39, 0.29) is 12.0 Å². The summed E-state index contributed by atoms with van der Waals surface area (Å²) in [7, 11) is 0. The van der Waals surface area contributed by atoms with E-state index in [0.29, 0.717) is 12.5 Å². The van der Waals surface area contributed by atoms with Crippen molar-refractivity contribution >= 4 is 5.97 Å². The Kier molecular flexibility index (Phi) is 2.27. The molecule has 3 nitrogen and oxygen atoms in total. The van der Waals surface area contributed by atoms with Crippen LogP contribution in [0, 0.1) is 5.92 Å². The second-order valence-corrected chi connectivity index (χ2v) is 2.84. The Bertz CT molecular complexity index is 134. The van der Waals surface area contributed by atoms with E-state index in [4.69, 9.17) is 4.74 Å². The number of hydrogen-bond acceptors (Lipinski definition) is 3. The molecule has 0 unspecified atom stereocenters. The predicted molar refractivity (Wildman–Crippen MR) is 37.6 cm³/mol. The number of esters is 1. The summed E-state index contributed by atoms with van der Waals surface area (Å²) in [5.74, 6) is 0.217. The second kappa shape index (κ2) is 3.01. The van der Waals surface area contributed by atoms with Gasteiger partial charge >= 0.3 is 5.97 Å². The molecule has 0 saturated carbocycles. The van der Waals surface area contributed by atoms with E-state index in [1.54, 1.807) is 0 Å². The number of cyclic esters (lactones) is 1. The fourth-order valence-corrected chi connectivity index (χ4v) is 1.05. The highest BCUT2D eigenvalue weighted by Crippen LogP contribution is 2.05. The number of rotatable bonds is 1. The van der Waals surface area contributed by atoms with Crippen molar-refractivity contribution in [2.75, 3.05) is 13.2 Å². The fraction of sp³-hybridized carbons (Fsp3) is 0.857. The van der Waals surface area contributed by atoms with Crippen LogP contribution in [0.15, 0.2) is 0 Å². The Balaban J connectivity index is 2.48. The minimum absolute atomic E-state index is 0.0891. The van der Waals surface area contributed by atoms with Crippen LogP contribution >= 0.6 is 0 Å². The maximum atomic E-state index is 11.0. The maximum Gasteiger partial charge on any atom is 0.323 e. The first-order chi connectivity index (χ1) is 4.72. The Morgan fingerprint density at radius 2 is 2.40 bits per heavy atom. The second-order valence-electron chi connectivity index (χ2n) is 2.84. The molecule has 0 bridgehead atoms. The summed E-state index contributed by atoms with van der Waals surface area (Å²) < 4.78 is 4.85. The summed E-state index contributed by atoms with van der Waals surface area (Å²) in [6, 6.07) is -0.0891. The molecule has 1 atom stereocenters. The number of carbonyl (C=O) groups is 1. The zero-order chi connectivity index (χ0) is 7.56. The first-order valence-corrected chi connectivity index (χ1v) is 3.62. The highest BCUT2D eigenvalue weighted by molar-refractivity contribution is 5.76. The van der Waals surface area contributed by atoms with Crippen molar-refractivity contribution in [1.29, 1.82) is 0 Å². The van der Waals surface area contributed by atoms with Gasteiger partial charge < -0.3 is 10.1 Å². The van der Waals surface area contributed by atoms with Crippen molar-refractivity contribution in [3.8, 4) is 0 Å². The summed E-state index contributed by atoms with van der Waals surface area (Å²) >= 11 is 0. The molecule has 0 aliphatic carbocycles. The Morgan fingerprint density at radius 1 is 1.70 bits per heavy atom. The third-order valence-corrected chi connectivity index (χ3v) is 1.63. The van der Waals surface area contributed by atoms with E-state index >= 15 is 0 Å². The molecule has 1 N–H and O–H groups in total. The van der Waals surface area contributed by atoms with Gasteiger partial charge in [-0.25, -0.2) is 0 Å². The maximum absolute atomic E-state index is 11.0. The lowest BCUT2D eigenvalue weighted by Crippen LogP contribution is -2.48. The molecule has 0 aromatic rings. The molecule has 1 aliphatic heterocycles. The summed E-state index contributed by atoms with van der Waals surface area (Å²) in [5.41, 5.74) is 0. The van der Waals surface area contributed by atoms with E-state index in [9.17, 15) is 4.79 Å². The van der Waals surface area contributed by atoms with Crippen LogP contribution in [0.1, 0.15) is 13.8 Å². The topological polar surface area (TPSA) is 38.3 Å². The summed E-state index contributed by atoms with van der Waals surface area (Å²) in [6.45, 7) is 5.31. The largest absolute Gasteiger partial charge is 0.463 e. The molecule has 0 spiro atoms. The van der Waals surface area contributed by atoms with E-state index in [0.717, 1.165) is 6.54 Å². The van der Waals surface area contributed by atoms with Crippen molar-refractivity contribution in [2.45, 2.75) is 19.9 Å². The number of nitrogens with one attached hydrogen (secondary N) is 1. The SMILES string of the molecule is CC(C)[C@@H]1NCCOC1=O. The Labute approximate surface area is 60.7 Å². The zero-order valence-corrected chi connectivity index (χ0v) is 6.39. The summed E-state index contributed by atoms with van der Waals surface area (Å²) in [4.78, 5) is 11.0. The van der Waals surface area contributed by atoms with Gasteiger partial charge in [0.1, 0.15) is 12.6 Å². The lowest BCUT2D eigenvalue weighted by Gasteiger charge is -2.24. The van der Waals surface area contributed by atoms with Crippen molar-refractivity contribution in [2.24, 2.45) is 5.92 Å². The molecule has 58 valence electrons. The van der Waals surface area contributed by atoms with Crippen LogP contribution in [-0.4, -0.2) is 25.2 Å². The number of morpholine rings is 1. The van der Waals surface area contributed by atoms with Crippen molar-refractivity contribution < 1.29 is 9.53 Å². The van der Waals surface area contributed by atoms with Gasteiger partial charge in [0.25, 0.3) is 0 Å². The quantitative estimate of drug-likeness (QED) is 0.531. The van der Waals surface area contributed by atoms with E-state index in [1.807, 2.05) is 13.8 Å². The minimum Gasteiger partial charge on any atom is -0.463 e. The van der Waals surface area contributed by atoms with Crippen LogP contribution in [0.25, 0.3) is 0 Å². The first kappa shape index (κ1) is 7.54. The molecule has 3 heteroatoms. The van der Waals surface area contributed by atoms with Crippen LogP contribution in [0.5, 0.6) is 0 Å². The molecule has 0 aromatic heterocycles. The molecule has 1 heterocycles. The van der Waals surface area contributed by atoms with Gasteiger partial charge in [-0.05, 0) is 5.92 Å². The van der Waals surface area contributed by atoms with Crippen LogP contribution < -0.4 is 5.32 Å². The van der Waals surface area contributed by atoms with Crippen LogP contribution in [-0.2, 0) is 9.53 Å². The van der Waals surface area contributed by atoms with Gasteiger partial charge in [0.05, 0.1) is 0 Å². The minimum atomic E-state index is -0.110. The molecule has 1 saturated heterocycles. The van der Waals surface area contributed by atoms with Gasteiger partial charge in [0.2, 0.25) is 0 Å². The lowest BCUT2D eigenvalue weighted by atomic mass is 10.0. The normalized spacial score (nSPS) is 26.7. The third kappa shape index (κ3) is 1.48. The van der Waals surface area contributed by atoms with Crippen molar-refractivity contribution in [3.63, 3.8) is 0 Å². The van der Waals surface area contributed by atoms with Gasteiger partial charge in [-0.15, -0.1) is 0 Å². The average molecular weight is 143 g/mol. The summed E-state index contributed by atoms with van der Waals surface area (Å²) in [5, 5.41) is 3.09. The highest BCUT2D eigenvalue weighted by Gasteiger charge is 2.25. The third-order valence-electron chi connectivity index (χ3n) is 1.63. The van der Waals surface area contributed by atoms with E-state index < -0.39 is 0 Å². The average Bonchev–Trinajstić information content (AvgIpc) is 1.88. The summed E-state index contributed by atoms with van der Waals surface area (Å²) in [6.07, 6.45) is 0. The van der Waals surface area contributed by atoms with Crippen LogP contribution in [0.2, 0.25) is 0 Å². The van der Waals surface area contributed by atoms with Crippen LogP contribution in [0.3, 0.4) is 0 Å². The molecule has 0 amide bonds. The van der Waals surface area contributed by atoms with Gasteiger partial charge in [0.15, 0.2) is 0 Å². The molecule has 1 rings (SSSR count). The van der Waals surface area contributed by atoms with E-state index in [1.165, 1.54) is 0 Å². The van der Waals surface area contributed by atoms with Crippen molar-refractivity contribution in [3.05, 3.63) is 0 Å². The fourth-order valence-electron chi connectivity index (χ4n) is 1.05. The molecule has 10 heavy (non-hydrogen) atoms. The molecule has 1 aliphatic rings. The number of ether oxygens (including phenoxy) is 1. The predicted octanol–water partition coefficient (Wildman–Crippen LogP) is 0.157. The van der Waals surface area contributed by atoms with Crippen LogP contribution in [0.4, 0.5) is 0 Å². The molecule has 0 radical (unpaired) electrons. The monoisotopic (exact) mass is 143 g/mol. The molecule has 1 fully saturated rings. The highest BCUT2D eigenvalue weighted by atomic mass is 16.5. The number of hydrogen-bond donors (Lipinski definition) is 1. The van der Waals surface area contributed by atoms with Crippen molar-refractivity contribution in [1.82, 2.24) is 5.32 Å². The zero-order valence-electron chi connectivity index (χ0n) is 6.39. The molecule has 0 aromatic carbocycles. The molecular formula is C7H13NO2. The lowest BCUT2D eigenvalue weighted by molar-refractivity contribution is -0.150. The van der Waals surface area contributed by atoms with Gasteiger partial charge in [-0.1, -0.05) is 13.8 Å². The molecular weight excluding hydrogens is 130 g/mol. The first-order valence-electron chi connectivity index (χ1n) is 3.62. The van der Waals surface area contributed by atoms with Gasteiger partial charge in [-0.3, -0.25) is 4.79 Å². The smallest absolute Gasteiger partial charge is 0.323 e. The Morgan fingerprint density at radius 3 is 2.80 bits per heavy atom. The van der Waals surface area contributed by atoms with Gasteiger partial charge in [-0.2, -0.15) is 0 Å².